The molecular weight excluding hydrogens is 404 g/mol. The zero-order valence-electron chi connectivity index (χ0n) is 17.0. The molecule has 0 atom stereocenters. The molecule has 0 fully saturated rings. The van der Waals surface area contributed by atoms with Crippen LogP contribution in [0.25, 0.3) is 38.3 Å². The smallest absolute Gasteiger partial charge is 0.350 e. The summed E-state index contributed by atoms with van der Waals surface area (Å²) < 4.78 is 7.36. The first-order valence-corrected chi connectivity index (χ1v) is 11.0. The predicted molar refractivity (Wildman–Crippen MR) is 126 cm³/mol. The van der Waals surface area contributed by atoms with Crippen molar-refractivity contribution in [3.05, 3.63) is 96.1 Å². The van der Waals surface area contributed by atoms with Crippen molar-refractivity contribution in [3.63, 3.8) is 0 Å². The molecular formula is C26H20N2O2S. The van der Waals surface area contributed by atoms with Gasteiger partial charge in [0.2, 0.25) is 0 Å². The minimum absolute atomic E-state index is 0.325. The molecule has 0 radical (unpaired) electrons. The maximum absolute atomic E-state index is 12.9. The molecule has 0 amide bonds. The quantitative estimate of drug-likeness (QED) is 0.299. The van der Waals surface area contributed by atoms with Crippen LogP contribution < -0.4 is 0 Å². The largest absolute Gasteiger partial charge is 0.462 e. The van der Waals surface area contributed by atoms with Gasteiger partial charge in [-0.05, 0) is 36.2 Å². The van der Waals surface area contributed by atoms with E-state index in [1.165, 1.54) is 11.3 Å². The lowest BCUT2D eigenvalue weighted by Gasteiger charge is -2.11. The molecule has 0 aliphatic rings. The molecule has 152 valence electrons. The zero-order chi connectivity index (χ0) is 21.2. The van der Waals surface area contributed by atoms with Crippen molar-refractivity contribution in [3.8, 4) is 28.1 Å². The van der Waals surface area contributed by atoms with Gasteiger partial charge in [0.25, 0.3) is 0 Å². The van der Waals surface area contributed by atoms with E-state index in [-0.39, 0.29) is 5.97 Å². The summed E-state index contributed by atoms with van der Waals surface area (Å²) in [6, 6.07) is 26.4. The van der Waals surface area contributed by atoms with Crippen LogP contribution in [0.1, 0.15) is 16.6 Å². The van der Waals surface area contributed by atoms with Crippen LogP contribution in [-0.2, 0) is 4.74 Å². The van der Waals surface area contributed by atoms with Crippen molar-refractivity contribution in [2.75, 3.05) is 6.61 Å². The second kappa shape index (κ2) is 8.20. The van der Waals surface area contributed by atoms with Crippen molar-refractivity contribution in [1.29, 1.82) is 0 Å². The Bertz CT molecular complexity index is 1340. The van der Waals surface area contributed by atoms with Gasteiger partial charge in [0.15, 0.2) is 0 Å². The molecule has 0 saturated heterocycles. The second-order valence-electron chi connectivity index (χ2n) is 7.06. The van der Waals surface area contributed by atoms with E-state index >= 15 is 0 Å². The second-order valence-corrected chi connectivity index (χ2v) is 8.06. The fraction of sp³-hybridized carbons (Fsp3) is 0.0769. The standard InChI is InChI=1S/C26H20N2O2S/c1-2-30-26(29)24-23(28-15-9-10-16-28)22-20(18-11-5-3-6-12-18)17-21(27-25(22)31-24)19-13-7-4-8-14-19/h3-17H,2H2,1H3. The Kier molecular flexibility index (Phi) is 5.10. The third kappa shape index (κ3) is 3.53. The van der Waals surface area contributed by atoms with E-state index in [0.717, 1.165) is 38.3 Å². The lowest BCUT2D eigenvalue weighted by molar-refractivity contribution is 0.0532. The molecule has 0 bridgehead atoms. The van der Waals surface area contributed by atoms with E-state index < -0.39 is 0 Å². The number of esters is 1. The molecule has 3 aromatic heterocycles. The van der Waals surface area contributed by atoms with Crippen molar-refractivity contribution in [2.45, 2.75) is 6.92 Å². The van der Waals surface area contributed by atoms with Gasteiger partial charge in [-0.1, -0.05) is 60.7 Å². The number of nitrogens with zero attached hydrogens (tertiary/aromatic N) is 2. The third-order valence-electron chi connectivity index (χ3n) is 5.11. The Morgan fingerprint density at radius 3 is 2.23 bits per heavy atom. The molecule has 5 heteroatoms. The average molecular weight is 425 g/mol. The fourth-order valence-corrected chi connectivity index (χ4v) is 4.84. The van der Waals surface area contributed by atoms with Crippen molar-refractivity contribution >= 4 is 27.5 Å². The minimum Gasteiger partial charge on any atom is -0.462 e. The van der Waals surface area contributed by atoms with Crippen LogP contribution in [0.3, 0.4) is 0 Å². The lowest BCUT2D eigenvalue weighted by Crippen LogP contribution is -2.06. The highest BCUT2D eigenvalue weighted by molar-refractivity contribution is 7.21. The van der Waals surface area contributed by atoms with Gasteiger partial charge in [-0.15, -0.1) is 11.3 Å². The van der Waals surface area contributed by atoms with Crippen LogP contribution >= 0.6 is 11.3 Å². The topological polar surface area (TPSA) is 44.1 Å². The SMILES string of the molecule is CCOC(=O)c1sc2nc(-c3ccccc3)cc(-c3ccccc3)c2c1-n1cccc1. The molecule has 5 aromatic rings. The molecule has 3 heterocycles. The minimum atomic E-state index is -0.325. The summed E-state index contributed by atoms with van der Waals surface area (Å²) in [6.07, 6.45) is 3.90. The maximum Gasteiger partial charge on any atom is 0.350 e. The number of carbonyl (C=O) groups excluding carboxylic acids is 1. The monoisotopic (exact) mass is 424 g/mol. The molecule has 5 rings (SSSR count). The van der Waals surface area contributed by atoms with Crippen molar-refractivity contribution < 1.29 is 9.53 Å². The Hall–Kier alpha value is -3.70. The summed E-state index contributed by atoms with van der Waals surface area (Å²) in [6.45, 7) is 2.15. The Labute approximate surface area is 184 Å². The Balaban J connectivity index is 1.87. The van der Waals surface area contributed by atoms with Crippen LogP contribution in [-0.4, -0.2) is 22.1 Å². The summed E-state index contributed by atoms with van der Waals surface area (Å²) in [7, 11) is 0. The van der Waals surface area contributed by atoms with Gasteiger partial charge in [-0.25, -0.2) is 9.78 Å². The number of carbonyl (C=O) groups is 1. The number of ether oxygens (including phenoxy) is 1. The molecule has 0 aliphatic carbocycles. The van der Waals surface area contributed by atoms with E-state index in [0.29, 0.717) is 11.5 Å². The number of hydrogen-bond donors (Lipinski definition) is 0. The van der Waals surface area contributed by atoms with Crippen LogP contribution in [0.4, 0.5) is 0 Å². The molecule has 2 aromatic carbocycles. The number of fused-ring (bicyclic) bond motifs is 1. The third-order valence-corrected chi connectivity index (χ3v) is 6.17. The highest BCUT2D eigenvalue weighted by Crippen LogP contribution is 2.42. The highest BCUT2D eigenvalue weighted by atomic mass is 32.1. The number of aromatic nitrogens is 2. The summed E-state index contributed by atoms with van der Waals surface area (Å²) >= 11 is 1.38. The fourth-order valence-electron chi connectivity index (χ4n) is 3.75. The summed E-state index contributed by atoms with van der Waals surface area (Å²) in [5.74, 6) is -0.325. The predicted octanol–water partition coefficient (Wildman–Crippen LogP) is 6.60. The Morgan fingerprint density at radius 1 is 0.935 bits per heavy atom. The van der Waals surface area contributed by atoms with Gasteiger partial charge < -0.3 is 9.30 Å². The first-order valence-electron chi connectivity index (χ1n) is 10.1. The van der Waals surface area contributed by atoms with Gasteiger partial charge in [0, 0.05) is 23.3 Å². The van der Waals surface area contributed by atoms with Crippen molar-refractivity contribution in [2.24, 2.45) is 0 Å². The van der Waals surface area contributed by atoms with E-state index in [1.54, 1.807) is 0 Å². The molecule has 0 N–H and O–H groups in total. The van der Waals surface area contributed by atoms with E-state index in [2.05, 4.69) is 30.3 Å². The molecule has 0 spiro atoms. The molecule has 0 aliphatic heterocycles. The van der Waals surface area contributed by atoms with Crippen LogP contribution in [0.15, 0.2) is 91.3 Å². The summed E-state index contributed by atoms with van der Waals surface area (Å²) in [5.41, 5.74) is 4.85. The van der Waals surface area contributed by atoms with Crippen LogP contribution in [0, 0.1) is 0 Å². The van der Waals surface area contributed by atoms with E-state index in [9.17, 15) is 4.79 Å². The lowest BCUT2D eigenvalue weighted by atomic mass is 9.99. The van der Waals surface area contributed by atoms with Gasteiger partial charge >= 0.3 is 5.97 Å². The first kappa shape index (κ1) is 19.3. The van der Waals surface area contributed by atoms with Gasteiger partial charge in [-0.3, -0.25) is 0 Å². The maximum atomic E-state index is 12.9. The first-order chi connectivity index (χ1) is 15.3. The van der Waals surface area contributed by atoms with Gasteiger partial charge in [0.1, 0.15) is 9.71 Å². The highest BCUT2D eigenvalue weighted by Gasteiger charge is 2.25. The number of pyridine rings is 1. The van der Waals surface area contributed by atoms with Crippen LogP contribution in [0.2, 0.25) is 0 Å². The number of hydrogen-bond acceptors (Lipinski definition) is 4. The Morgan fingerprint density at radius 2 is 1.58 bits per heavy atom. The van der Waals surface area contributed by atoms with E-state index in [4.69, 9.17) is 9.72 Å². The van der Waals surface area contributed by atoms with Crippen molar-refractivity contribution in [1.82, 2.24) is 9.55 Å². The number of thiophene rings is 1. The average Bonchev–Trinajstić information content (AvgIpc) is 3.47. The number of benzene rings is 2. The normalized spacial score (nSPS) is 11.0. The van der Waals surface area contributed by atoms with Gasteiger partial charge in [0.05, 0.1) is 18.0 Å². The molecule has 31 heavy (non-hydrogen) atoms. The molecule has 4 nitrogen and oxygen atoms in total. The number of rotatable bonds is 5. The van der Waals surface area contributed by atoms with Gasteiger partial charge in [-0.2, -0.15) is 0 Å². The molecule has 0 unspecified atom stereocenters. The summed E-state index contributed by atoms with van der Waals surface area (Å²) in [5, 5.41) is 0.954. The summed E-state index contributed by atoms with van der Waals surface area (Å²) in [4.78, 5) is 19.2. The zero-order valence-corrected chi connectivity index (χ0v) is 17.8. The van der Waals surface area contributed by atoms with Crippen LogP contribution in [0.5, 0.6) is 0 Å². The van der Waals surface area contributed by atoms with E-state index in [1.807, 2.05) is 72.4 Å². The molecule has 0 saturated carbocycles.